The first-order valence-corrected chi connectivity index (χ1v) is 13.5. The number of nitrogens with zero attached hydrogens (tertiary/aromatic N) is 3. The highest BCUT2D eigenvalue weighted by Crippen LogP contribution is 2.41. The molecule has 4 aromatic carbocycles. The lowest BCUT2D eigenvalue weighted by Gasteiger charge is -2.39. The first kappa shape index (κ1) is 24.0. The zero-order valence-electron chi connectivity index (χ0n) is 21.7. The van der Waals surface area contributed by atoms with E-state index in [0.717, 1.165) is 24.2 Å². The summed E-state index contributed by atoms with van der Waals surface area (Å²) in [4.78, 5) is 7.50. The summed E-state index contributed by atoms with van der Waals surface area (Å²) in [7, 11) is 0. The van der Waals surface area contributed by atoms with E-state index >= 15 is 0 Å². The molecule has 1 saturated heterocycles. The van der Waals surface area contributed by atoms with Gasteiger partial charge >= 0.3 is 0 Å². The number of imidazole rings is 1. The summed E-state index contributed by atoms with van der Waals surface area (Å²) in [5, 5.41) is 0. The number of piperidine rings is 1. The second kappa shape index (κ2) is 10.5. The van der Waals surface area contributed by atoms with Crippen LogP contribution < -0.4 is 4.90 Å². The molecule has 1 atom stereocenters. The van der Waals surface area contributed by atoms with Crippen molar-refractivity contribution in [1.29, 1.82) is 0 Å². The number of anilines is 1. The van der Waals surface area contributed by atoms with Gasteiger partial charge < -0.3 is 9.47 Å². The van der Waals surface area contributed by atoms with Gasteiger partial charge in [0.15, 0.2) is 0 Å². The minimum atomic E-state index is -0.568. The number of hydrogen-bond donors (Lipinski definition) is 0. The Balaban J connectivity index is 1.48. The molecule has 1 aliphatic heterocycles. The van der Waals surface area contributed by atoms with Crippen molar-refractivity contribution in [3.8, 4) is 0 Å². The van der Waals surface area contributed by atoms with Gasteiger partial charge in [0.25, 0.3) is 0 Å². The summed E-state index contributed by atoms with van der Waals surface area (Å²) in [6.07, 6.45) is 7.68. The predicted molar refractivity (Wildman–Crippen MR) is 157 cm³/mol. The van der Waals surface area contributed by atoms with Crippen LogP contribution in [0.4, 0.5) is 5.69 Å². The summed E-state index contributed by atoms with van der Waals surface area (Å²) < 4.78 is 2.28. The van der Waals surface area contributed by atoms with Crippen LogP contribution in [0.1, 0.15) is 41.6 Å². The molecule has 188 valence electrons. The molecule has 0 amide bonds. The average molecular weight is 496 g/mol. The highest BCUT2D eigenvalue weighted by molar-refractivity contribution is 5.70. The van der Waals surface area contributed by atoms with Crippen LogP contribution in [0.3, 0.4) is 0 Å². The van der Waals surface area contributed by atoms with Crippen molar-refractivity contribution < 1.29 is 0 Å². The average Bonchev–Trinajstić information content (AvgIpc) is 3.50. The van der Waals surface area contributed by atoms with Crippen LogP contribution in [-0.2, 0) is 5.54 Å². The lowest BCUT2D eigenvalue weighted by atomic mass is 9.76. The van der Waals surface area contributed by atoms with E-state index in [1.165, 1.54) is 35.2 Å². The molecule has 38 heavy (non-hydrogen) atoms. The van der Waals surface area contributed by atoms with Gasteiger partial charge in [0.05, 0.1) is 18.1 Å². The molecular weight excluding hydrogens is 462 g/mol. The van der Waals surface area contributed by atoms with Crippen molar-refractivity contribution in [3.63, 3.8) is 0 Å². The van der Waals surface area contributed by atoms with Crippen molar-refractivity contribution >= 4 is 11.3 Å². The van der Waals surface area contributed by atoms with Gasteiger partial charge in [0.2, 0.25) is 0 Å². The molecule has 1 aliphatic rings. The van der Waals surface area contributed by atoms with Gasteiger partial charge in [-0.1, -0.05) is 116 Å². The maximum absolute atomic E-state index is 5.00. The molecule has 1 unspecified atom stereocenters. The minimum Gasteiger partial charge on any atom is -0.364 e. The van der Waals surface area contributed by atoms with E-state index in [-0.39, 0.29) is 6.04 Å². The molecule has 3 heteroatoms. The lowest BCUT2D eigenvalue weighted by molar-refractivity contribution is 0.513. The van der Waals surface area contributed by atoms with Crippen molar-refractivity contribution in [2.24, 2.45) is 0 Å². The molecule has 0 spiro atoms. The Kier molecular flexibility index (Phi) is 6.66. The normalized spacial score (nSPS) is 15.8. The van der Waals surface area contributed by atoms with Crippen LogP contribution in [0, 0.1) is 0 Å². The van der Waals surface area contributed by atoms with Crippen LogP contribution in [-0.4, -0.2) is 22.1 Å². The van der Waals surface area contributed by atoms with E-state index in [0.29, 0.717) is 0 Å². The number of rotatable bonds is 7. The molecule has 0 N–H and O–H groups in total. The molecule has 0 saturated carbocycles. The van der Waals surface area contributed by atoms with Crippen LogP contribution in [0.25, 0.3) is 5.57 Å². The Labute approximate surface area is 225 Å². The third-order valence-electron chi connectivity index (χ3n) is 7.87. The summed E-state index contributed by atoms with van der Waals surface area (Å²) in [5.41, 5.74) is 6.29. The molecule has 6 rings (SSSR count). The van der Waals surface area contributed by atoms with E-state index in [4.69, 9.17) is 4.98 Å². The van der Waals surface area contributed by atoms with Gasteiger partial charge in [0, 0.05) is 18.4 Å². The molecule has 2 heterocycles. The van der Waals surface area contributed by atoms with Crippen molar-refractivity contribution in [2.45, 2.75) is 30.8 Å². The fourth-order valence-corrected chi connectivity index (χ4v) is 6.05. The zero-order valence-corrected chi connectivity index (χ0v) is 21.7. The molecule has 3 nitrogen and oxygen atoms in total. The maximum atomic E-state index is 5.00. The molecule has 0 bridgehead atoms. The zero-order chi connectivity index (χ0) is 25.8. The molecule has 5 aromatic rings. The lowest BCUT2D eigenvalue weighted by Crippen LogP contribution is -2.40. The van der Waals surface area contributed by atoms with E-state index in [1.807, 2.05) is 6.33 Å². The van der Waals surface area contributed by atoms with Gasteiger partial charge in [-0.25, -0.2) is 4.98 Å². The molecule has 0 radical (unpaired) electrons. The van der Waals surface area contributed by atoms with Gasteiger partial charge in [-0.15, -0.1) is 0 Å². The van der Waals surface area contributed by atoms with Gasteiger partial charge in [-0.2, -0.15) is 0 Å². The second-order valence-corrected chi connectivity index (χ2v) is 10.0. The Morgan fingerprint density at radius 3 is 1.71 bits per heavy atom. The summed E-state index contributed by atoms with van der Waals surface area (Å²) in [5.74, 6) is 0. The Morgan fingerprint density at radius 1 is 0.684 bits per heavy atom. The smallest absolute Gasteiger partial charge is 0.121 e. The van der Waals surface area contributed by atoms with Crippen molar-refractivity contribution in [1.82, 2.24) is 9.55 Å². The standard InChI is InChI=1S/C35H33N3/c1-28(34-24-14-15-25-38(34)32-22-12-5-13-23-32)33-26-37(27-36-33)35(29-16-6-2-7-17-29,30-18-8-3-9-19-30)31-20-10-4-11-21-31/h2-13,16-23,26-27,34H,1,14-15,24-25H2. The largest absolute Gasteiger partial charge is 0.364 e. The van der Waals surface area contributed by atoms with Crippen LogP contribution in [0.5, 0.6) is 0 Å². The van der Waals surface area contributed by atoms with Crippen LogP contribution in [0.2, 0.25) is 0 Å². The monoisotopic (exact) mass is 495 g/mol. The van der Waals surface area contributed by atoms with E-state index < -0.39 is 5.54 Å². The first-order chi connectivity index (χ1) is 18.8. The Morgan fingerprint density at radius 2 is 1.18 bits per heavy atom. The highest BCUT2D eigenvalue weighted by atomic mass is 15.2. The van der Waals surface area contributed by atoms with Crippen LogP contribution in [0.15, 0.2) is 140 Å². The topological polar surface area (TPSA) is 21.1 Å². The van der Waals surface area contributed by atoms with Crippen molar-refractivity contribution in [2.75, 3.05) is 11.4 Å². The van der Waals surface area contributed by atoms with Gasteiger partial charge in [-0.05, 0) is 53.7 Å². The van der Waals surface area contributed by atoms with Gasteiger partial charge in [-0.3, -0.25) is 0 Å². The quantitative estimate of drug-likeness (QED) is 0.215. The van der Waals surface area contributed by atoms with E-state index in [9.17, 15) is 0 Å². The fourth-order valence-electron chi connectivity index (χ4n) is 6.05. The summed E-state index contributed by atoms with van der Waals surface area (Å²) >= 11 is 0. The summed E-state index contributed by atoms with van der Waals surface area (Å²) in [6.45, 7) is 5.66. The molecule has 0 aliphatic carbocycles. The molecule has 1 fully saturated rings. The third-order valence-corrected chi connectivity index (χ3v) is 7.87. The SMILES string of the molecule is C=C(c1cn(C(c2ccccc2)(c2ccccc2)c2ccccc2)cn1)C1CCCCN1c1ccccc1. The van der Waals surface area contributed by atoms with Crippen molar-refractivity contribution in [3.05, 3.63) is 163 Å². The number of para-hydroxylation sites is 1. The Bertz CT molecular complexity index is 1380. The molecule has 1 aromatic heterocycles. The van der Waals surface area contributed by atoms with Crippen LogP contribution >= 0.6 is 0 Å². The summed E-state index contributed by atoms with van der Waals surface area (Å²) in [6, 6.07) is 43.2. The number of hydrogen-bond acceptors (Lipinski definition) is 2. The van der Waals surface area contributed by atoms with E-state index in [1.54, 1.807) is 0 Å². The predicted octanol–water partition coefficient (Wildman–Crippen LogP) is 7.80. The highest BCUT2D eigenvalue weighted by Gasteiger charge is 2.39. The maximum Gasteiger partial charge on any atom is 0.121 e. The number of benzene rings is 4. The number of aromatic nitrogens is 2. The minimum absolute atomic E-state index is 0.231. The Hall–Kier alpha value is -4.37. The second-order valence-electron chi connectivity index (χ2n) is 10.0. The molecular formula is C35H33N3. The third kappa shape index (κ3) is 4.24. The van der Waals surface area contributed by atoms with Gasteiger partial charge in [0.1, 0.15) is 5.54 Å². The van der Waals surface area contributed by atoms with E-state index in [2.05, 4.69) is 144 Å². The first-order valence-electron chi connectivity index (χ1n) is 13.5. The fraction of sp³-hybridized carbons (Fsp3) is 0.171.